The molecule has 21 heavy (non-hydrogen) atoms. The maximum absolute atomic E-state index is 13.8. The first-order valence-corrected chi connectivity index (χ1v) is 5.32. The van der Waals surface area contributed by atoms with Gasteiger partial charge in [0.2, 0.25) is 5.82 Å². The van der Waals surface area contributed by atoms with Crippen molar-refractivity contribution in [3.8, 4) is 11.7 Å². The van der Waals surface area contributed by atoms with Crippen LogP contribution in [0.1, 0.15) is 5.82 Å². The highest BCUT2D eigenvalue weighted by molar-refractivity contribution is 5.54. The number of hydrogen-bond donors (Lipinski definition) is 0. The number of nitrogens with zero attached hydrogens (tertiary/aromatic N) is 4. The van der Waals surface area contributed by atoms with Crippen molar-refractivity contribution < 1.29 is 27.2 Å². The van der Waals surface area contributed by atoms with Crippen LogP contribution in [0.2, 0.25) is 0 Å². The highest BCUT2D eigenvalue weighted by Crippen LogP contribution is 2.31. The number of rotatable bonds is 4. The Bertz CT molecular complexity index is 704. The van der Waals surface area contributed by atoms with Crippen molar-refractivity contribution in [2.75, 3.05) is 0 Å². The van der Waals surface area contributed by atoms with Gasteiger partial charge in [0.1, 0.15) is 0 Å². The van der Waals surface area contributed by atoms with Crippen LogP contribution in [-0.4, -0.2) is 26.3 Å². The SMILES string of the molecule is Cc1nc(OC(F)F)n(-c2c(F)ccc(F)c2[N+](=O)[O-])n1. The van der Waals surface area contributed by atoms with Gasteiger partial charge >= 0.3 is 18.3 Å². The van der Waals surface area contributed by atoms with Crippen molar-refractivity contribution in [3.05, 3.63) is 39.7 Å². The highest BCUT2D eigenvalue weighted by atomic mass is 19.3. The summed E-state index contributed by atoms with van der Waals surface area (Å²) in [7, 11) is 0. The Balaban J connectivity index is 2.72. The van der Waals surface area contributed by atoms with Gasteiger partial charge in [-0.1, -0.05) is 0 Å². The van der Waals surface area contributed by atoms with Crippen LogP contribution in [-0.2, 0) is 0 Å². The topological polar surface area (TPSA) is 83.1 Å². The number of alkyl halides is 2. The van der Waals surface area contributed by atoms with Crippen molar-refractivity contribution >= 4 is 5.69 Å². The maximum atomic E-state index is 13.8. The first-order valence-electron chi connectivity index (χ1n) is 5.32. The average Bonchev–Trinajstić information content (AvgIpc) is 2.71. The van der Waals surface area contributed by atoms with Gasteiger partial charge in [-0.15, -0.1) is 5.10 Å². The van der Waals surface area contributed by atoms with Crippen molar-refractivity contribution in [2.24, 2.45) is 0 Å². The molecule has 11 heteroatoms. The molecule has 0 saturated heterocycles. The summed E-state index contributed by atoms with van der Waals surface area (Å²) in [6.07, 6.45) is 0. The van der Waals surface area contributed by atoms with Crippen LogP contribution in [0.15, 0.2) is 12.1 Å². The van der Waals surface area contributed by atoms with Crippen molar-refractivity contribution in [2.45, 2.75) is 13.5 Å². The first-order chi connectivity index (χ1) is 9.81. The van der Waals surface area contributed by atoms with Gasteiger partial charge in [0, 0.05) is 0 Å². The quantitative estimate of drug-likeness (QED) is 0.492. The second-order valence-corrected chi connectivity index (χ2v) is 3.72. The number of aromatic nitrogens is 3. The summed E-state index contributed by atoms with van der Waals surface area (Å²) >= 11 is 0. The zero-order chi connectivity index (χ0) is 15.7. The van der Waals surface area contributed by atoms with Crippen molar-refractivity contribution in [1.82, 2.24) is 14.8 Å². The molecule has 0 unspecified atom stereocenters. The summed E-state index contributed by atoms with van der Waals surface area (Å²) in [5, 5.41) is 14.4. The van der Waals surface area contributed by atoms with Crippen LogP contribution < -0.4 is 4.74 Å². The molecule has 2 aromatic rings. The van der Waals surface area contributed by atoms with Crippen LogP contribution in [0.5, 0.6) is 6.01 Å². The molecule has 1 heterocycles. The molecule has 2 rings (SSSR count). The third kappa shape index (κ3) is 2.75. The summed E-state index contributed by atoms with van der Waals surface area (Å²) in [6, 6.07) is 0.241. The molecule has 1 aromatic heterocycles. The predicted octanol–water partition coefficient (Wildman–Crippen LogP) is 2.36. The molecule has 7 nitrogen and oxygen atoms in total. The van der Waals surface area contributed by atoms with Crippen LogP contribution >= 0.6 is 0 Å². The lowest BCUT2D eigenvalue weighted by atomic mass is 10.2. The van der Waals surface area contributed by atoms with Crippen LogP contribution in [0.4, 0.5) is 23.2 Å². The van der Waals surface area contributed by atoms with E-state index in [1.165, 1.54) is 6.92 Å². The number of nitro benzene ring substituents is 1. The molecule has 0 aliphatic carbocycles. The van der Waals surface area contributed by atoms with Crippen molar-refractivity contribution in [1.29, 1.82) is 0 Å². The zero-order valence-corrected chi connectivity index (χ0v) is 10.3. The van der Waals surface area contributed by atoms with Crippen LogP contribution in [0, 0.1) is 28.7 Å². The average molecular weight is 306 g/mol. The third-order valence-electron chi connectivity index (χ3n) is 2.32. The van der Waals surface area contributed by atoms with Gasteiger partial charge in [0.25, 0.3) is 0 Å². The van der Waals surface area contributed by atoms with E-state index in [4.69, 9.17) is 0 Å². The van der Waals surface area contributed by atoms with E-state index in [2.05, 4.69) is 14.8 Å². The van der Waals surface area contributed by atoms with Gasteiger partial charge in [-0.3, -0.25) is 10.1 Å². The maximum Gasteiger partial charge on any atom is 0.389 e. The standard InChI is InChI=1S/C10H6F4N4O3/c1-4-15-10(21-9(13)14)17(16-4)7-5(11)2-3-6(12)8(7)18(19)20/h2-3,9H,1H3. The minimum atomic E-state index is -3.32. The molecule has 0 bridgehead atoms. The Hall–Kier alpha value is -2.72. The van der Waals surface area contributed by atoms with Gasteiger partial charge in [-0.25, -0.2) is 4.39 Å². The first kappa shape index (κ1) is 14.7. The minimum absolute atomic E-state index is 0.122. The van der Waals surface area contributed by atoms with E-state index in [0.29, 0.717) is 16.8 Å². The smallest absolute Gasteiger partial charge is 0.389 e. The Morgan fingerprint density at radius 2 is 1.95 bits per heavy atom. The lowest BCUT2D eigenvalue weighted by Gasteiger charge is -2.08. The van der Waals surface area contributed by atoms with E-state index in [-0.39, 0.29) is 5.82 Å². The van der Waals surface area contributed by atoms with Gasteiger partial charge in [0.15, 0.2) is 17.3 Å². The van der Waals surface area contributed by atoms with Gasteiger partial charge in [-0.2, -0.15) is 22.8 Å². The molecule has 0 N–H and O–H groups in total. The van der Waals surface area contributed by atoms with E-state index in [9.17, 15) is 27.7 Å². The second-order valence-electron chi connectivity index (χ2n) is 3.72. The number of benzene rings is 1. The fourth-order valence-corrected chi connectivity index (χ4v) is 1.60. The molecular formula is C10H6F4N4O3. The summed E-state index contributed by atoms with van der Waals surface area (Å²) < 4.78 is 56.1. The molecule has 0 aliphatic heterocycles. The predicted molar refractivity (Wildman–Crippen MR) is 59.3 cm³/mol. The van der Waals surface area contributed by atoms with Gasteiger partial charge in [-0.05, 0) is 19.1 Å². The molecule has 0 aliphatic rings. The highest BCUT2D eigenvalue weighted by Gasteiger charge is 2.29. The fourth-order valence-electron chi connectivity index (χ4n) is 1.60. The normalized spacial score (nSPS) is 11.0. The summed E-state index contributed by atoms with van der Waals surface area (Å²) in [5.41, 5.74) is -2.24. The van der Waals surface area contributed by atoms with Crippen LogP contribution in [0.3, 0.4) is 0 Å². The second kappa shape index (κ2) is 5.34. The van der Waals surface area contributed by atoms with Crippen LogP contribution in [0.25, 0.3) is 5.69 Å². The Morgan fingerprint density at radius 1 is 1.33 bits per heavy atom. The number of aryl methyl sites for hydroxylation is 1. The Kier molecular flexibility index (Phi) is 3.74. The molecule has 0 spiro atoms. The summed E-state index contributed by atoms with van der Waals surface area (Å²) in [5.74, 6) is -2.72. The van der Waals surface area contributed by atoms with E-state index >= 15 is 0 Å². The number of nitro groups is 1. The summed E-state index contributed by atoms with van der Waals surface area (Å²) in [4.78, 5) is 13.1. The molecule has 112 valence electrons. The van der Waals surface area contributed by atoms with E-state index in [0.717, 1.165) is 0 Å². The van der Waals surface area contributed by atoms with E-state index < -0.39 is 40.6 Å². The Labute approximate surface area is 113 Å². The summed E-state index contributed by atoms with van der Waals surface area (Å²) in [6.45, 7) is -2.05. The minimum Gasteiger partial charge on any atom is -0.401 e. The molecule has 1 aromatic carbocycles. The van der Waals surface area contributed by atoms with Gasteiger partial charge in [0.05, 0.1) is 4.92 Å². The number of ether oxygens (including phenoxy) is 1. The monoisotopic (exact) mass is 306 g/mol. The lowest BCUT2D eigenvalue weighted by Crippen LogP contribution is -2.12. The molecule has 0 atom stereocenters. The van der Waals surface area contributed by atoms with Crippen molar-refractivity contribution in [3.63, 3.8) is 0 Å². The third-order valence-corrected chi connectivity index (χ3v) is 2.32. The number of hydrogen-bond acceptors (Lipinski definition) is 5. The fraction of sp³-hybridized carbons (Fsp3) is 0.200. The Morgan fingerprint density at radius 3 is 2.52 bits per heavy atom. The largest absolute Gasteiger partial charge is 0.401 e. The molecule has 0 saturated carbocycles. The number of halogens is 4. The molecular weight excluding hydrogens is 300 g/mol. The zero-order valence-electron chi connectivity index (χ0n) is 10.3. The molecule has 0 fully saturated rings. The molecule has 0 amide bonds. The molecule has 0 radical (unpaired) electrons. The van der Waals surface area contributed by atoms with Gasteiger partial charge < -0.3 is 4.74 Å². The lowest BCUT2D eigenvalue weighted by molar-refractivity contribution is -0.387. The van der Waals surface area contributed by atoms with E-state index in [1.54, 1.807) is 0 Å². The van der Waals surface area contributed by atoms with E-state index in [1.807, 2.05) is 0 Å².